The van der Waals surface area contributed by atoms with Crippen molar-refractivity contribution in [3.63, 3.8) is 0 Å². The molecule has 0 unspecified atom stereocenters. The van der Waals surface area contributed by atoms with Crippen LogP contribution in [0.5, 0.6) is 0 Å². The van der Waals surface area contributed by atoms with Crippen LogP contribution in [-0.2, 0) is 9.54 Å². The lowest BCUT2D eigenvalue weighted by Gasteiger charge is -2.43. The van der Waals surface area contributed by atoms with Gasteiger partial charge < -0.3 is 4.90 Å². The van der Waals surface area contributed by atoms with Crippen LogP contribution in [-0.4, -0.2) is 53.7 Å². The molecule has 170 valence electrons. The molecule has 0 N–H and O–H groups in total. The summed E-state index contributed by atoms with van der Waals surface area (Å²) in [6.07, 6.45) is 4.02. The van der Waals surface area contributed by atoms with Crippen LogP contribution >= 0.6 is 11.8 Å². The van der Waals surface area contributed by atoms with E-state index in [2.05, 4.69) is 101 Å². The molecule has 2 fully saturated rings. The molecule has 0 atom stereocenters. The lowest BCUT2D eigenvalue weighted by molar-refractivity contribution is -0.130. The molecule has 3 aromatic carbocycles. The predicted octanol–water partition coefficient (Wildman–Crippen LogP) is 5.41. The van der Waals surface area contributed by atoms with Gasteiger partial charge in [-0.1, -0.05) is 97.4 Å². The van der Waals surface area contributed by atoms with Crippen LogP contribution < -0.4 is 0 Å². The molecule has 0 spiro atoms. The minimum Gasteiger partial charge on any atom is -0.339 e. The zero-order chi connectivity index (χ0) is 22.5. The number of hydrogen-bond acceptors (Lipinski definition) is 3. The maximum atomic E-state index is 13.4. The van der Waals surface area contributed by atoms with E-state index >= 15 is 0 Å². The molecule has 1 saturated carbocycles. The Kier molecular flexibility index (Phi) is 6.84. The van der Waals surface area contributed by atoms with E-state index in [-0.39, 0.29) is 5.91 Å². The Hall–Kier alpha value is -2.56. The summed E-state index contributed by atoms with van der Waals surface area (Å²) in [6.45, 7) is 3.74. The number of thioether (sulfide) groups is 1. The minimum absolute atomic E-state index is 0.250. The van der Waals surface area contributed by atoms with Gasteiger partial charge in [0.15, 0.2) is 0 Å². The summed E-state index contributed by atoms with van der Waals surface area (Å²) in [4.78, 5) is 18.0. The molecule has 3 aromatic rings. The Bertz CT molecular complexity index is 932. The summed E-state index contributed by atoms with van der Waals surface area (Å²) in [6, 6.07) is 32.6. The van der Waals surface area contributed by atoms with E-state index < -0.39 is 4.75 Å². The molecule has 0 bridgehead atoms. The summed E-state index contributed by atoms with van der Waals surface area (Å²) < 4.78 is -0.437. The fourth-order valence-electron chi connectivity index (χ4n) is 5.12. The molecule has 2 aliphatic rings. The van der Waals surface area contributed by atoms with E-state index in [1.807, 2.05) is 0 Å². The third-order valence-corrected chi connectivity index (χ3v) is 8.74. The second-order valence-electron chi connectivity index (χ2n) is 9.07. The van der Waals surface area contributed by atoms with Crippen LogP contribution in [0.4, 0.5) is 0 Å². The number of piperazine rings is 1. The lowest BCUT2D eigenvalue weighted by Crippen LogP contribution is -2.54. The van der Waals surface area contributed by atoms with E-state index in [1.54, 1.807) is 11.8 Å². The van der Waals surface area contributed by atoms with Gasteiger partial charge in [0.2, 0.25) is 5.91 Å². The highest BCUT2D eigenvalue weighted by Gasteiger charge is 2.38. The van der Waals surface area contributed by atoms with E-state index in [9.17, 15) is 4.79 Å². The Morgan fingerprint density at radius 1 is 0.727 bits per heavy atom. The molecule has 3 nitrogen and oxygen atoms in total. The summed E-state index contributed by atoms with van der Waals surface area (Å²) in [7, 11) is 0. The van der Waals surface area contributed by atoms with Crippen LogP contribution in [0.2, 0.25) is 0 Å². The average molecular weight is 457 g/mol. The first kappa shape index (κ1) is 22.2. The summed E-state index contributed by atoms with van der Waals surface area (Å²) >= 11 is 1.75. The minimum atomic E-state index is -0.437. The van der Waals surface area contributed by atoms with E-state index in [1.165, 1.54) is 36.0 Å². The van der Waals surface area contributed by atoms with Crippen LogP contribution in [0, 0.1) is 0 Å². The molecule has 1 amide bonds. The summed E-state index contributed by atoms with van der Waals surface area (Å²) in [5, 5.41) is 0. The molecule has 1 saturated heterocycles. The molecular formula is C29H32N2OS. The normalized spacial score (nSPS) is 17.5. The zero-order valence-corrected chi connectivity index (χ0v) is 19.9. The van der Waals surface area contributed by atoms with Crippen LogP contribution in [0.1, 0.15) is 36.0 Å². The van der Waals surface area contributed by atoms with Crippen LogP contribution in [0.15, 0.2) is 91.0 Å². The highest BCUT2D eigenvalue weighted by Crippen LogP contribution is 2.48. The van der Waals surface area contributed by atoms with Gasteiger partial charge in [-0.3, -0.25) is 9.69 Å². The number of rotatable bonds is 7. The first-order chi connectivity index (χ1) is 16.3. The smallest absolute Gasteiger partial charge is 0.232 e. The number of benzene rings is 3. The van der Waals surface area contributed by atoms with Gasteiger partial charge in [0, 0.05) is 32.2 Å². The van der Waals surface area contributed by atoms with Crippen molar-refractivity contribution in [3.05, 3.63) is 108 Å². The molecule has 1 aliphatic heterocycles. The summed E-state index contributed by atoms with van der Waals surface area (Å²) in [5.74, 6) is 0.711. The van der Waals surface area contributed by atoms with Crippen LogP contribution in [0.25, 0.3) is 0 Å². The summed E-state index contributed by atoms with van der Waals surface area (Å²) in [5.41, 5.74) is 3.61. The van der Waals surface area contributed by atoms with Gasteiger partial charge in [-0.2, -0.15) is 0 Å². The third-order valence-electron chi connectivity index (χ3n) is 7.21. The van der Waals surface area contributed by atoms with Crippen molar-refractivity contribution in [3.8, 4) is 0 Å². The highest BCUT2D eigenvalue weighted by atomic mass is 32.2. The van der Waals surface area contributed by atoms with Crippen molar-refractivity contribution < 1.29 is 4.79 Å². The van der Waals surface area contributed by atoms with E-state index in [4.69, 9.17) is 0 Å². The SMILES string of the molecule is O=C(CSC(c1ccccc1)(c1ccccc1)c1ccccc1)N1CCN(C2CCC2)CC1. The first-order valence-electron chi connectivity index (χ1n) is 12.1. The fraction of sp³-hybridized carbons (Fsp3) is 0.345. The third kappa shape index (κ3) is 4.60. The maximum Gasteiger partial charge on any atom is 0.232 e. The molecule has 4 heteroatoms. The van der Waals surface area contributed by atoms with E-state index in [0.29, 0.717) is 5.75 Å². The molecule has 33 heavy (non-hydrogen) atoms. The van der Waals surface area contributed by atoms with Gasteiger partial charge in [-0.25, -0.2) is 0 Å². The topological polar surface area (TPSA) is 23.6 Å². The Morgan fingerprint density at radius 2 is 1.18 bits per heavy atom. The van der Waals surface area contributed by atoms with Crippen molar-refractivity contribution in [2.24, 2.45) is 0 Å². The highest BCUT2D eigenvalue weighted by molar-refractivity contribution is 8.01. The Balaban J connectivity index is 1.41. The first-order valence-corrected chi connectivity index (χ1v) is 13.1. The van der Waals surface area contributed by atoms with Crippen molar-refractivity contribution in [1.82, 2.24) is 9.80 Å². The fourth-order valence-corrected chi connectivity index (χ4v) is 6.55. The van der Waals surface area contributed by atoms with E-state index in [0.717, 1.165) is 32.2 Å². The second kappa shape index (κ2) is 10.1. The molecular weight excluding hydrogens is 424 g/mol. The molecule has 1 heterocycles. The van der Waals surface area contributed by atoms with Crippen molar-refractivity contribution >= 4 is 17.7 Å². The number of hydrogen-bond donors (Lipinski definition) is 0. The molecule has 0 aromatic heterocycles. The standard InChI is InChI=1S/C29H32N2OS/c32-28(31-21-19-30(20-22-31)27-17-10-18-27)23-33-29(24-11-4-1-5-12-24,25-13-6-2-7-14-25)26-15-8-3-9-16-26/h1-9,11-16,27H,10,17-23H2. The van der Waals surface area contributed by atoms with Gasteiger partial charge in [-0.15, -0.1) is 11.8 Å². The van der Waals surface area contributed by atoms with Crippen molar-refractivity contribution in [1.29, 1.82) is 0 Å². The quantitative estimate of drug-likeness (QED) is 0.444. The maximum absolute atomic E-state index is 13.4. The van der Waals surface area contributed by atoms with Gasteiger partial charge in [0.05, 0.1) is 10.5 Å². The lowest BCUT2D eigenvalue weighted by atomic mass is 9.84. The Morgan fingerprint density at radius 3 is 1.58 bits per heavy atom. The van der Waals surface area contributed by atoms with Gasteiger partial charge in [0.1, 0.15) is 0 Å². The number of carbonyl (C=O) groups excluding carboxylic acids is 1. The van der Waals surface area contributed by atoms with Gasteiger partial charge >= 0.3 is 0 Å². The monoisotopic (exact) mass is 456 g/mol. The van der Waals surface area contributed by atoms with Gasteiger partial charge in [-0.05, 0) is 29.5 Å². The largest absolute Gasteiger partial charge is 0.339 e. The van der Waals surface area contributed by atoms with Crippen LogP contribution in [0.3, 0.4) is 0 Å². The number of carbonyl (C=O) groups is 1. The Labute approximate surface area is 201 Å². The predicted molar refractivity (Wildman–Crippen MR) is 137 cm³/mol. The van der Waals surface area contributed by atoms with Gasteiger partial charge in [0.25, 0.3) is 0 Å². The molecule has 5 rings (SSSR count). The van der Waals surface area contributed by atoms with Crippen molar-refractivity contribution in [2.75, 3.05) is 31.9 Å². The molecule has 0 radical (unpaired) electrons. The number of nitrogens with zero attached hydrogens (tertiary/aromatic N) is 2. The zero-order valence-electron chi connectivity index (χ0n) is 19.1. The number of amides is 1. The van der Waals surface area contributed by atoms with Crippen molar-refractivity contribution in [2.45, 2.75) is 30.1 Å². The molecule has 1 aliphatic carbocycles. The average Bonchev–Trinajstić information content (AvgIpc) is 2.86. The second-order valence-corrected chi connectivity index (χ2v) is 10.3.